The summed E-state index contributed by atoms with van der Waals surface area (Å²) in [6.45, 7) is 0.915. The van der Waals surface area contributed by atoms with E-state index in [-0.39, 0.29) is 0 Å². The Morgan fingerprint density at radius 2 is 2.29 bits per heavy atom. The third kappa shape index (κ3) is 3.71. The van der Waals surface area contributed by atoms with E-state index in [2.05, 4.69) is 33.1 Å². The third-order valence-electron chi connectivity index (χ3n) is 1.65. The molecule has 1 aromatic carbocycles. The van der Waals surface area contributed by atoms with Crippen LogP contribution in [-0.2, 0) is 0 Å². The largest absolute Gasteiger partial charge is 0.319 e. The minimum Gasteiger partial charge on any atom is -0.319 e. The zero-order chi connectivity index (χ0) is 10.4. The highest BCUT2D eigenvalue weighted by Crippen LogP contribution is 2.20. The summed E-state index contributed by atoms with van der Waals surface area (Å²) in [5.74, 6) is 6.16. The summed E-state index contributed by atoms with van der Waals surface area (Å²) in [7, 11) is 1.92. The first-order chi connectivity index (χ1) is 6.74. The molecule has 0 heterocycles. The Bertz CT molecular complexity index is 365. The van der Waals surface area contributed by atoms with Crippen LogP contribution in [0.4, 0.5) is 0 Å². The van der Waals surface area contributed by atoms with Crippen molar-refractivity contribution in [2.75, 3.05) is 13.6 Å². The maximum Gasteiger partial charge on any atom is 0.0418 e. The lowest BCUT2D eigenvalue weighted by atomic mass is 10.2. The lowest BCUT2D eigenvalue weighted by Gasteiger charge is -1.96. The zero-order valence-electron chi connectivity index (χ0n) is 7.90. The Morgan fingerprint density at radius 3 is 2.93 bits per heavy atom. The smallest absolute Gasteiger partial charge is 0.0418 e. The van der Waals surface area contributed by atoms with Crippen LogP contribution < -0.4 is 5.32 Å². The van der Waals surface area contributed by atoms with E-state index in [0.717, 1.165) is 28.0 Å². The van der Waals surface area contributed by atoms with Gasteiger partial charge in [-0.15, -0.1) is 0 Å². The molecule has 0 saturated heterocycles. The number of halogens is 2. The van der Waals surface area contributed by atoms with E-state index in [1.54, 1.807) is 0 Å². The highest BCUT2D eigenvalue weighted by atomic mass is 79.9. The molecule has 1 N–H and O–H groups in total. The fraction of sp³-hybridized carbons (Fsp3) is 0.273. The summed E-state index contributed by atoms with van der Waals surface area (Å²) in [5, 5.41) is 3.76. The SMILES string of the molecule is CNCCC#Cc1ccc(Cl)cc1Br. The standard InChI is InChI=1S/C11H11BrClN/c1-14-7-3-2-4-9-5-6-10(13)8-11(9)12/h5-6,8,14H,3,7H2,1H3. The number of hydrogen-bond donors (Lipinski definition) is 1. The lowest BCUT2D eigenvalue weighted by Crippen LogP contribution is -2.05. The Balaban J connectivity index is 2.70. The fourth-order valence-electron chi connectivity index (χ4n) is 0.936. The van der Waals surface area contributed by atoms with Crippen LogP contribution in [0.1, 0.15) is 12.0 Å². The van der Waals surface area contributed by atoms with E-state index in [0.29, 0.717) is 0 Å². The van der Waals surface area contributed by atoms with Crippen molar-refractivity contribution in [2.24, 2.45) is 0 Å². The Morgan fingerprint density at radius 1 is 1.50 bits per heavy atom. The molecule has 0 aliphatic carbocycles. The molecule has 3 heteroatoms. The maximum absolute atomic E-state index is 5.81. The molecule has 0 radical (unpaired) electrons. The van der Waals surface area contributed by atoms with Crippen LogP contribution >= 0.6 is 27.5 Å². The van der Waals surface area contributed by atoms with Gasteiger partial charge in [-0.3, -0.25) is 0 Å². The number of nitrogens with one attached hydrogen (secondary N) is 1. The minimum absolute atomic E-state index is 0.720. The van der Waals surface area contributed by atoms with Gasteiger partial charge in [-0.05, 0) is 41.2 Å². The van der Waals surface area contributed by atoms with Crippen LogP contribution in [0.2, 0.25) is 5.02 Å². The Labute approximate surface area is 98.0 Å². The van der Waals surface area contributed by atoms with Gasteiger partial charge in [0, 0.05) is 28.0 Å². The summed E-state index contributed by atoms with van der Waals surface area (Å²) >= 11 is 9.23. The molecule has 0 fully saturated rings. The lowest BCUT2D eigenvalue weighted by molar-refractivity contribution is 0.818. The van der Waals surface area contributed by atoms with Gasteiger partial charge in [0.15, 0.2) is 0 Å². The fourth-order valence-corrected chi connectivity index (χ4v) is 1.72. The van der Waals surface area contributed by atoms with E-state index in [1.807, 2.05) is 25.2 Å². The van der Waals surface area contributed by atoms with Crippen molar-refractivity contribution >= 4 is 27.5 Å². The highest BCUT2D eigenvalue weighted by molar-refractivity contribution is 9.10. The monoisotopic (exact) mass is 271 g/mol. The van der Waals surface area contributed by atoms with Gasteiger partial charge in [-0.25, -0.2) is 0 Å². The van der Waals surface area contributed by atoms with Gasteiger partial charge >= 0.3 is 0 Å². The maximum atomic E-state index is 5.81. The molecule has 74 valence electrons. The summed E-state index contributed by atoms with van der Waals surface area (Å²) in [6, 6.07) is 5.61. The molecule has 1 aromatic rings. The van der Waals surface area contributed by atoms with Gasteiger partial charge in [-0.1, -0.05) is 23.4 Å². The van der Waals surface area contributed by atoms with Crippen LogP contribution in [0.15, 0.2) is 22.7 Å². The molecule has 0 aromatic heterocycles. The molecular weight excluding hydrogens is 261 g/mol. The molecule has 0 saturated carbocycles. The Kier molecular flexibility index (Phi) is 5.03. The van der Waals surface area contributed by atoms with Crippen LogP contribution in [0.3, 0.4) is 0 Å². The number of hydrogen-bond acceptors (Lipinski definition) is 1. The predicted molar refractivity (Wildman–Crippen MR) is 64.6 cm³/mol. The van der Waals surface area contributed by atoms with Crippen molar-refractivity contribution in [3.63, 3.8) is 0 Å². The van der Waals surface area contributed by atoms with E-state index < -0.39 is 0 Å². The van der Waals surface area contributed by atoms with Crippen LogP contribution in [0.25, 0.3) is 0 Å². The molecule has 0 bridgehead atoms. The predicted octanol–water partition coefficient (Wildman–Crippen LogP) is 3.06. The first-order valence-corrected chi connectivity index (χ1v) is 5.49. The van der Waals surface area contributed by atoms with Crippen molar-refractivity contribution in [2.45, 2.75) is 6.42 Å². The molecule has 0 amide bonds. The average Bonchev–Trinajstić information content (AvgIpc) is 2.15. The summed E-state index contributed by atoms with van der Waals surface area (Å²) in [6.07, 6.45) is 0.853. The highest BCUT2D eigenvalue weighted by Gasteiger charge is 1.96. The summed E-state index contributed by atoms with van der Waals surface area (Å²) in [4.78, 5) is 0. The van der Waals surface area contributed by atoms with Gasteiger partial charge in [0.05, 0.1) is 0 Å². The van der Waals surface area contributed by atoms with Crippen molar-refractivity contribution < 1.29 is 0 Å². The zero-order valence-corrected chi connectivity index (χ0v) is 10.2. The van der Waals surface area contributed by atoms with Crippen LogP contribution in [-0.4, -0.2) is 13.6 Å². The Hall–Kier alpha value is -0.490. The van der Waals surface area contributed by atoms with Crippen molar-refractivity contribution in [1.29, 1.82) is 0 Å². The molecule has 0 aliphatic rings. The summed E-state index contributed by atoms with van der Waals surface area (Å²) < 4.78 is 0.946. The molecule has 0 aliphatic heterocycles. The van der Waals surface area contributed by atoms with Crippen molar-refractivity contribution in [3.05, 3.63) is 33.3 Å². The number of benzene rings is 1. The third-order valence-corrected chi connectivity index (χ3v) is 2.55. The van der Waals surface area contributed by atoms with Gasteiger partial charge in [0.25, 0.3) is 0 Å². The molecule has 14 heavy (non-hydrogen) atoms. The molecule has 1 nitrogen and oxygen atoms in total. The van der Waals surface area contributed by atoms with Gasteiger partial charge in [0.2, 0.25) is 0 Å². The van der Waals surface area contributed by atoms with E-state index in [4.69, 9.17) is 11.6 Å². The molecule has 0 atom stereocenters. The second-order valence-electron chi connectivity index (χ2n) is 2.78. The van der Waals surface area contributed by atoms with E-state index in [1.165, 1.54) is 0 Å². The molecular formula is C11H11BrClN. The van der Waals surface area contributed by atoms with Crippen LogP contribution in [0.5, 0.6) is 0 Å². The topological polar surface area (TPSA) is 12.0 Å². The van der Waals surface area contributed by atoms with Crippen molar-refractivity contribution in [1.82, 2.24) is 5.32 Å². The van der Waals surface area contributed by atoms with Crippen LogP contribution in [0, 0.1) is 11.8 Å². The van der Waals surface area contributed by atoms with E-state index >= 15 is 0 Å². The second kappa shape index (κ2) is 6.08. The average molecular weight is 273 g/mol. The first kappa shape index (κ1) is 11.6. The quantitative estimate of drug-likeness (QED) is 0.644. The first-order valence-electron chi connectivity index (χ1n) is 4.32. The molecule has 0 unspecified atom stereocenters. The minimum atomic E-state index is 0.720. The van der Waals surface area contributed by atoms with Gasteiger partial charge in [-0.2, -0.15) is 0 Å². The van der Waals surface area contributed by atoms with Crippen molar-refractivity contribution in [3.8, 4) is 11.8 Å². The molecule has 1 rings (SSSR count). The van der Waals surface area contributed by atoms with E-state index in [9.17, 15) is 0 Å². The summed E-state index contributed by atoms with van der Waals surface area (Å²) in [5.41, 5.74) is 0.977. The van der Waals surface area contributed by atoms with Gasteiger partial charge in [0.1, 0.15) is 0 Å². The molecule has 0 spiro atoms. The van der Waals surface area contributed by atoms with Gasteiger partial charge < -0.3 is 5.32 Å². The normalized spacial score (nSPS) is 9.36. The second-order valence-corrected chi connectivity index (χ2v) is 4.07. The number of rotatable bonds is 2.